The van der Waals surface area contributed by atoms with Crippen molar-refractivity contribution in [2.75, 3.05) is 11.9 Å². The zero-order valence-corrected chi connectivity index (χ0v) is 16.9. The molecule has 2 aromatic carbocycles. The predicted molar refractivity (Wildman–Crippen MR) is 116 cm³/mol. The fourth-order valence-electron chi connectivity index (χ4n) is 4.03. The molecule has 9 heteroatoms. The molecule has 2 N–H and O–H groups in total. The minimum atomic E-state index is -0.570. The monoisotopic (exact) mass is 421 g/mol. The molecule has 0 saturated heterocycles. The quantitative estimate of drug-likeness (QED) is 0.463. The smallest absolute Gasteiger partial charge is 0.270 e. The first-order valence-corrected chi connectivity index (χ1v) is 10.3. The summed E-state index contributed by atoms with van der Waals surface area (Å²) in [4.78, 5) is 39.7. The van der Waals surface area contributed by atoms with E-state index in [0.717, 1.165) is 36.7 Å². The molecule has 1 aromatic heterocycles. The molecule has 2 amide bonds. The van der Waals surface area contributed by atoms with Gasteiger partial charge in [-0.25, -0.2) is 4.98 Å². The molecule has 0 radical (unpaired) electrons. The van der Waals surface area contributed by atoms with E-state index in [-0.39, 0.29) is 23.8 Å². The van der Waals surface area contributed by atoms with Crippen molar-refractivity contribution in [3.05, 3.63) is 64.2 Å². The van der Waals surface area contributed by atoms with Crippen LogP contribution in [0.5, 0.6) is 0 Å². The number of nitro groups is 1. The molecule has 0 bridgehead atoms. The molecule has 1 fully saturated rings. The Hall–Kier alpha value is -3.75. The Morgan fingerprint density at radius 1 is 1.10 bits per heavy atom. The number of aromatic nitrogens is 2. The molecule has 160 valence electrons. The number of nitrogens with zero attached hydrogens (tertiary/aromatic N) is 3. The summed E-state index contributed by atoms with van der Waals surface area (Å²) in [7, 11) is 0. The van der Waals surface area contributed by atoms with Crippen molar-refractivity contribution >= 4 is 34.5 Å². The van der Waals surface area contributed by atoms with E-state index >= 15 is 0 Å². The molecule has 1 saturated carbocycles. The lowest BCUT2D eigenvalue weighted by atomic mass is 9.95. The summed E-state index contributed by atoms with van der Waals surface area (Å²) in [5.41, 5.74) is 1.73. The highest BCUT2D eigenvalue weighted by Gasteiger charge is 2.22. The molecular weight excluding hydrogens is 398 g/mol. The van der Waals surface area contributed by atoms with Crippen LogP contribution in [0.15, 0.2) is 48.5 Å². The first-order valence-electron chi connectivity index (χ1n) is 10.3. The topological polar surface area (TPSA) is 119 Å². The van der Waals surface area contributed by atoms with Crippen LogP contribution in [-0.4, -0.2) is 32.8 Å². The highest BCUT2D eigenvalue weighted by atomic mass is 16.6. The van der Waals surface area contributed by atoms with Crippen LogP contribution in [0.3, 0.4) is 0 Å². The van der Waals surface area contributed by atoms with Crippen LogP contribution in [0.1, 0.15) is 48.5 Å². The average Bonchev–Trinajstić information content (AvgIpc) is 3.15. The SMILES string of the molecule is O=C(CNC(=O)c1cccc([N+](=O)[O-])c1)Nc1nc2ccccc2n1C1CCCCC1. The fraction of sp³-hybridized carbons (Fsp3) is 0.318. The standard InChI is InChI=1S/C22H23N5O4/c28-20(14-23-21(29)15-7-6-10-17(13-15)27(30)31)25-22-24-18-11-4-5-12-19(18)26(22)16-8-2-1-3-9-16/h4-7,10-13,16H,1-3,8-9,14H2,(H,23,29)(H,24,25,28). The lowest BCUT2D eigenvalue weighted by Crippen LogP contribution is -2.33. The summed E-state index contributed by atoms with van der Waals surface area (Å²) in [6, 6.07) is 13.4. The van der Waals surface area contributed by atoms with Gasteiger partial charge in [0, 0.05) is 23.7 Å². The number of anilines is 1. The van der Waals surface area contributed by atoms with Gasteiger partial charge in [-0.3, -0.25) is 25.0 Å². The first kappa shape index (κ1) is 20.5. The minimum Gasteiger partial charge on any atom is -0.343 e. The highest BCUT2D eigenvalue weighted by molar-refractivity contribution is 5.99. The Morgan fingerprint density at radius 2 is 1.87 bits per heavy atom. The molecule has 1 aliphatic carbocycles. The molecule has 0 aliphatic heterocycles. The number of benzene rings is 2. The molecule has 0 spiro atoms. The van der Waals surface area contributed by atoms with Gasteiger partial charge in [0.15, 0.2) is 0 Å². The Kier molecular flexibility index (Phi) is 5.92. The third-order valence-corrected chi connectivity index (χ3v) is 5.52. The first-order chi connectivity index (χ1) is 15.0. The van der Waals surface area contributed by atoms with Gasteiger partial charge >= 0.3 is 0 Å². The van der Waals surface area contributed by atoms with Crippen LogP contribution in [0, 0.1) is 10.1 Å². The molecule has 1 heterocycles. The number of para-hydroxylation sites is 2. The van der Waals surface area contributed by atoms with Crippen molar-refractivity contribution in [1.82, 2.24) is 14.9 Å². The maximum atomic E-state index is 12.5. The summed E-state index contributed by atoms with van der Waals surface area (Å²) < 4.78 is 2.09. The Balaban J connectivity index is 1.47. The molecule has 31 heavy (non-hydrogen) atoms. The van der Waals surface area contributed by atoms with E-state index < -0.39 is 16.7 Å². The zero-order valence-electron chi connectivity index (χ0n) is 16.9. The number of rotatable bonds is 6. The zero-order chi connectivity index (χ0) is 21.8. The molecule has 4 rings (SSSR count). The number of non-ortho nitro benzene ring substituents is 1. The Bertz CT molecular complexity index is 1130. The van der Waals surface area contributed by atoms with Gasteiger partial charge < -0.3 is 9.88 Å². The van der Waals surface area contributed by atoms with Gasteiger partial charge in [-0.15, -0.1) is 0 Å². The average molecular weight is 421 g/mol. The third-order valence-electron chi connectivity index (χ3n) is 5.52. The van der Waals surface area contributed by atoms with Crippen molar-refractivity contribution in [3.63, 3.8) is 0 Å². The maximum absolute atomic E-state index is 12.5. The lowest BCUT2D eigenvalue weighted by Gasteiger charge is -2.25. The number of hydrogen-bond donors (Lipinski definition) is 2. The maximum Gasteiger partial charge on any atom is 0.270 e. The number of fused-ring (bicyclic) bond motifs is 1. The Labute approximate surface area is 178 Å². The van der Waals surface area contributed by atoms with E-state index in [0.29, 0.717) is 5.95 Å². The van der Waals surface area contributed by atoms with Crippen LogP contribution < -0.4 is 10.6 Å². The number of amides is 2. The molecular formula is C22H23N5O4. The van der Waals surface area contributed by atoms with Crippen molar-refractivity contribution in [3.8, 4) is 0 Å². The van der Waals surface area contributed by atoms with Gasteiger partial charge in [-0.1, -0.05) is 37.5 Å². The van der Waals surface area contributed by atoms with Crippen molar-refractivity contribution in [2.45, 2.75) is 38.1 Å². The number of carbonyl (C=O) groups is 2. The summed E-state index contributed by atoms with van der Waals surface area (Å²) in [6.45, 7) is -0.268. The van der Waals surface area contributed by atoms with E-state index in [1.165, 1.54) is 30.7 Å². The van der Waals surface area contributed by atoms with Gasteiger partial charge in [0.05, 0.1) is 22.5 Å². The predicted octanol–water partition coefficient (Wildman–Crippen LogP) is 3.82. The van der Waals surface area contributed by atoms with Gasteiger partial charge in [-0.05, 0) is 31.0 Å². The largest absolute Gasteiger partial charge is 0.343 e. The minimum absolute atomic E-state index is 0.122. The number of carbonyl (C=O) groups excluding carboxylic acids is 2. The second-order valence-electron chi connectivity index (χ2n) is 7.62. The number of hydrogen-bond acceptors (Lipinski definition) is 5. The summed E-state index contributed by atoms with van der Waals surface area (Å²) >= 11 is 0. The number of imidazole rings is 1. The fourth-order valence-corrected chi connectivity index (χ4v) is 4.03. The third kappa shape index (κ3) is 4.55. The summed E-state index contributed by atoms with van der Waals surface area (Å²) in [5.74, 6) is -0.492. The van der Waals surface area contributed by atoms with Crippen LogP contribution >= 0.6 is 0 Å². The van der Waals surface area contributed by atoms with Gasteiger partial charge in [0.2, 0.25) is 11.9 Å². The van der Waals surface area contributed by atoms with Crippen molar-refractivity contribution in [1.29, 1.82) is 0 Å². The second-order valence-corrected chi connectivity index (χ2v) is 7.62. The van der Waals surface area contributed by atoms with E-state index in [4.69, 9.17) is 0 Å². The van der Waals surface area contributed by atoms with Crippen molar-refractivity contribution < 1.29 is 14.5 Å². The van der Waals surface area contributed by atoms with E-state index in [1.807, 2.05) is 24.3 Å². The highest BCUT2D eigenvalue weighted by Crippen LogP contribution is 2.34. The molecule has 3 aromatic rings. The Morgan fingerprint density at radius 3 is 2.65 bits per heavy atom. The van der Waals surface area contributed by atoms with Crippen LogP contribution in [-0.2, 0) is 4.79 Å². The van der Waals surface area contributed by atoms with Gasteiger partial charge in [-0.2, -0.15) is 0 Å². The lowest BCUT2D eigenvalue weighted by molar-refractivity contribution is -0.384. The van der Waals surface area contributed by atoms with Crippen LogP contribution in [0.4, 0.5) is 11.6 Å². The normalized spacial score (nSPS) is 14.3. The number of nitrogens with one attached hydrogen (secondary N) is 2. The second kappa shape index (κ2) is 8.95. The molecule has 9 nitrogen and oxygen atoms in total. The van der Waals surface area contributed by atoms with Crippen LogP contribution in [0.2, 0.25) is 0 Å². The van der Waals surface area contributed by atoms with E-state index in [2.05, 4.69) is 20.2 Å². The molecule has 0 atom stereocenters. The summed E-state index contributed by atoms with van der Waals surface area (Å²) in [6.07, 6.45) is 5.57. The van der Waals surface area contributed by atoms with Crippen LogP contribution in [0.25, 0.3) is 11.0 Å². The van der Waals surface area contributed by atoms with E-state index in [1.54, 1.807) is 0 Å². The van der Waals surface area contributed by atoms with Crippen molar-refractivity contribution in [2.24, 2.45) is 0 Å². The summed E-state index contributed by atoms with van der Waals surface area (Å²) in [5, 5.41) is 16.2. The molecule has 0 unspecified atom stereocenters. The van der Waals surface area contributed by atoms with Gasteiger partial charge in [0.1, 0.15) is 0 Å². The van der Waals surface area contributed by atoms with E-state index in [9.17, 15) is 19.7 Å². The molecule has 1 aliphatic rings. The number of nitro benzene ring substituents is 1. The van der Waals surface area contributed by atoms with Gasteiger partial charge in [0.25, 0.3) is 11.6 Å².